The van der Waals surface area contributed by atoms with Crippen LogP contribution in [0.3, 0.4) is 0 Å². The van der Waals surface area contributed by atoms with Gasteiger partial charge in [0.05, 0.1) is 12.2 Å². The number of benzene rings is 1. The van der Waals surface area contributed by atoms with Crippen LogP contribution in [0.2, 0.25) is 0 Å². The van der Waals surface area contributed by atoms with E-state index in [-0.39, 0.29) is 40.8 Å². The van der Waals surface area contributed by atoms with Crippen molar-refractivity contribution in [3.63, 3.8) is 0 Å². The molecule has 1 aromatic carbocycles. The number of esters is 2. The largest absolute Gasteiger partial charge is 0.481 e. The van der Waals surface area contributed by atoms with Crippen molar-refractivity contribution in [2.24, 2.45) is 0 Å². The minimum absolute atomic E-state index is 0.118. The number of carbonyl (C=O) groups excluding carboxylic acids is 2. The van der Waals surface area contributed by atoms with Crippen LogP contribution in [0.1, 0.15) is 44.4 Å². The van der Waals surface area contributed by atoms with Crippen LogP contribution in [0.4, 0.5) is 5.00 Å². The highest BCUT2D eigenvalue weighted by Crippen LogP contribution is 2.32. The molecule has 0 amide bonds. The molecule has 0 saturated heterocycles. The van der Waals surface area contributed by atoms with Gasteiger partial charge in [0.1, 0.15) is 28.3 Å². The van der Waals surface area contributed by atoms with Gasteiger partial charge >= 0.3 is 11.9 Å². The van der Waals surface area contributed by atoms with E-state index >= 15 is 0 Å². The van der Waals surface area contributed by atoms with Gasteiger partial charge in [0.25, 0.3) is 0 Å². The molecule has 0 fully saturated rings. The molecule has 0 bridgehead atoms. The van der Waals surface area contributed by atoms with Crippen LogP contribution in [0.5, 0.6) is 5.75 Å². The second-order valence-electron chi connectivity index (χ2n) is 6.16. The highest BCUT2D eigenvalue weighted by molar-refractivity contribution is 7.18. The number of hydrogen-bond acceptors (Lipinski definition) is 8. The zero-order valence-corrected chi connectivity index (χ0v) is 17.1. The predicted molar refractivity (Wildman–Crippen MR) is 105 cm³/mol. The Morgan fingerprint density at radius 2 is 1.82 bits per heavy atom. The number of nitrogens with zero attached hydrogens (tertiary/aromatic N) is 1. The van der Waals surface area contributed by atoms with E-state index in [0.717, 1.165) is 28.0 Å². The third-order valence-electron chi connectivity index (χ3n) is 3.92. The van der Waals surface area contributed by atoms with E-state index in [1.165, 1.54) is 0 Å². The molecule has 2 rings (SSSR count). The average molecular weight is 402 g/mol. The van der Waals surface area contributed by atoms with Crippen molar-refractivity contribution in [1.29, 1.82) is 5.26 Å². The summed E-state index contributed by atoms with van der Waals surface area (Å²) in [5, 5.41) is 9.46. The summed E-state index contributed by atoms with van der Waals surface area (Å²) in [7, 11) is 0. The molecule has 2 N–H and O–H groups in total. The molecule has 2 aromatic rings. The summed E-state index contributed by atoms with van der Waals surface area (Å²) < 4.78 is 15.8. The second kappa shape index (κ2) is 9.24. The van der Waals surface area contributed by atoms with Crippen molar-refractivity contribution in [2.45, 2.75) is 34.3 Å². The van der Waals surface area contributed by atoms with Gasteiger partial charge in [-0.1, -0.05) is 17.7 Å². The summed E-state index contributed by atoms with van der Waals surface area (Å²) in [5.41, 5.74) is 9.12. The van der Waals surface area contributed by atoms with Crippen molar-refractivity contribution in [1.82, 2.24) is 0 Å². The highest BCUT2D eigenvalue weighted by atomic mass is 32.1. The third-order valence-corrected chi connectivity index (χ3v) is 4.96. The lowest BCUT2D eigenvalue weighted by Gasteiger charge is -2.13. The number of nitrogen functional groups attached to an aromatic ring is 1. The van der Waals surface area contributed by atoms with Gasteiger partial charge < -0.3 is 19.9 Å². The number of aryl methyl sites for hydroxylation is 3. The quantitative estimate of drug-likeness (QED) is 0.706. The average Bonchev–Trinajstić information content (AvgIpc) is 2.94. The van der Waals surface area contributed by atoms with E-state index in [1.54, 1.807) is 6.92 Å². The van der Waals surface area contributed by atoms with Crippen molar-refractivity contribution >= 4 is 28.3 Å². The van der Waals surface area contributed by atoms with Crippen molar-refractivity contribution in [2.75, 3.05) is 18.9 Å². The Balaban J connectivity index is 2.07. The topological polar surface area (TPSA) is 112 Å². The van der Waals surface area contributed by atoms with Gasteiger partial charge in [0.2, 0.25) is 0 Å². The molecule has 0 aliphatic carbocycles. The van der Waals surface area contributed by atoms with Crippen molar-refractivity contribution < 1.29 is 23.8 Å². The molecule has 7 nitrogen and oxygen atoms in total. The molecule has 0 saturated carbocycles. The fourth-order valence-electron chi connectivity index (χ4n) is 2.83. The molecular formula is C20H22N2O5S. The molecule has 148 valence electrons. The normalized spacial score (nSPS) is 10.2. The predicted octanol–water partition coefficient (Wildman–Crippen LogP) is 3.43. The molecule has 0 unspecified atom stereocenters. The molecule has 0 atom stereocenters. The lowest BCUT2D eigenvalue weighted by molar-refractivity contribution is -0.147. The lowest BCUT2D eigenvalue weighted by atomic mass is 10.1. The van der Waals surface area contributed by atoms with Crippen LogP contribution >= 0.6 is 11.3 Å². The summed E-state index contributed by atoms with van der Waals surface area (Å²) in [4.78, 5) is 24.3. The van der Waals surface area contributed by atoms with Crippen molar-refractivity contribution in [3.8, 4) is 11.8 Å². The van der Waals surface area contributed by atoms with Crippen LogP contribution in [-0.2, 0) is 20.9 Å². The SMILES string of the molecule is CCOC(=O)c1sc(N)c(C#N)c1COC(=O)COc1c(C)cc(C)cc1C. The minimum Gasteiger partial charge on any atom is -0.481 e. The monoisotopic (exact) mass is 402 g/mol. The van der Waals surface area contributed by atoms with Gasteiger partial charge in [0.15, 0.2) is 6.61 Å². The lowest BCUT2D eigenvalue weighted by Crippen LogP contribution is -2.16. The fraction of sp³-hybridized carbons (Fsp3) is 0.350. The Hall–Kier alpha value is -3.05. The summed E-state index contributed by atoms with van der Waals surface area (Å²) in [5.74, 6) is -0.594. The first-order valence-electron chi connectivity index (χ1n) is 8.63. The maximum atomic E-state index is 12.1. The van der Waals surface area contributed by atoms with Gasteiger partial charge in [-0.3, -0.25) is 0 Å². The van der Waals surface area contributed by atoms with Gasteiger partial charge in [-0.25, -0.2) is 9.59 Å². The Morgan fingerprint density at radius 3 is 2.39 bits per heavy atom. The van der Waals surface area contributed by atoms with Gasteiger partial charge in [0, 0.05) is 5.56 Å². The summed E-state index contributed by atoms with van der Waals surface area (Å²) in [6, 6.07) is 5.87. The summed E-state index contributed by atoms with van der Waals surface area (Å²) >= 11 is 0.939. The standard InChI is InChI=1S/C20H22N2O5S/c1-5-25-20(24)18-15(14(8-21)19(22)28-18)9-26-16(23)10-27-17-12(3)6-11(2)7-13(17)4/h6-7H,5,9-10,22H2,1-4H3. The number of rotatable bonds is 7. The van der Waals surface area contributed by atoms with Crippen molar-refractivity contribution in [3.05, 3.63) is 44.8 Å². The van der Waals surface area contributed by atoms with Gasteiger partial charge in [-0.05, 0) is 38.8 Å². The summed E-state index contributed by atoms with van der Waals surface area (Å²) in [6.45, 7) is 7.09. The van der Waals surface area contributed by atoms with Gasteiger partial charge in [-0.2, -0.15) is 5.26 Å². The first kappa shape index (κ1) is 21.3. The van der Waals surface area contributed by atoms with E-state index in [2.05, 4.69) is 0 Å². The molecule has 1 heterocycles. The Bertz CT molecular complexity index is 920. The Morgan fingerprint density at radius 1 is 1.18 bits per heavy atom. The number of carbonyl (C=O) groups is 2. The number of nitriles is 1. The molecular weight excluding hydrogens is 380 g/mol. The number of nitrogens with two attached hydrogens (primary N) is 1. The smallest absolute Gasteiger partial charge is 0.348 e. The van der Waals surface area contributed by atoms with E-state index in [0.29, 0.717) is 5.75 Å². The fourth-order valence-corrected chi connectivity index (χ4v) is 3.74. The van der Waals surface area contributed by atoms with Crippen LogP contribution in [0.15, 0.2) is 12.1 Å². The Labute approximate surface area is 167 Å². The van der Waals surface area contributed by atoms with Crippen LogP contribution in [-0.4, -0.2) is 25.2 Å². The molecule has 0 aliphatic rings. The molecule has 8 heteroatoms. The van der Waals surface area contributed by atoms with E-state index in [4.69, 9.17) is 19.9 Å². The van der Waals surface area contributed by atoms with Crippen LogP contribution in [0.25, 0.3) is 0 Å². The second-order valence-corrected chi connectivity index (χ2v) is 7.21. The summed E-state index contributed by atoms with van der Waals surface area (Å²) in [6.07, 6.45) is 0. The number of anilines is 1. The first-order valence-corrected chi connectivity index (χ1v) is 9.44. The maximum Gasteiger partial charge on any atom is 0.348 e. The van der Waals surface area contributed by atoms with E-state index in [9.17, 15) is 14.9 Å². The number of hydrogen-bond donors (Lipinski definition) is 1. The van der Waals surface area contributed by atoms with Crippen LogP contribution in [0, 0.1) is 32.1 Å². The molecule has 0 aliphatic heterocycles. The molecule has 0 radical (unpaired) electrons. The third kappa shape index (κ3) is 4.81. The Kier molecular flexibility index (Phi) is 7.01. The first-order chi connectivity index (χ1) is 13.3. The zero-order chi connectivity index (χ0) is 20.8. The van der Waals surface area contributed by atoms with Gasteiger partial charge in [-0.15, -0.1) is 11.3 Å². The highest BCUT2D eigenvalue weighted by Gasteiger charge is 2.24. The number of thiophene rings is 1. The van der Waals surface area contributed by atoms with Crippen LogP contribution < -0.4 is 10.5 Å². The maximum absolute atomic E-state index is 12.1. The van der Waals surface area contributed by atoms with E-state index in [1.807, 2.05) is 39.0 Å². The minimum atomic E-state index is -0.622. The molecule has 0 spiro atoms. The molecule has 28 heavy (non-hydrogen) atoms. The van der Waals surface area contributed by atoms with E-state index < -0.39 is 11.9 Å². The number of ether oxygens (including phenoxy) is 3. The molecule has 1 aromatic heterocycles. The zero-order valence-electron chi connectivity index (χ0n) is 16.3.